The molecule has 0 amide bonds. The molecule has 0 radical (unpaired) electrons. The summed E-state index contributed by atoms with van der Waals surface area (Å²) in [4.78, 5) is 0. The standard InChI is InChI=1S/C16H13Cl2F/c17-14-7-6-13(9-15(14)19)16(18)12-5-4-10-2-1-3-11(10)8-12/h4-9,16H,1-3H2. The number of hydrogen-bond donors (Lipinski definition) is 0. The van der Waals surface area contributed by atoms with Crippen molar-refractivity contribution < 1.29 is 4.39 Å². The lowest BCUT2D eigenvalue weighted by atomic mass is 10.00. The highest BCUT2D eigenvalue weighted by Crippen LogP contribution is 2.33. The van der Waals surface area contributed by atoms with Crippen molar-refractivity contribution in [2.75, 3.05) is 0 Å². The van der Waals surface area contributed by atoms with E-state index < -0.39 is 5.82 Å². The van der Waals surface area contributed by atoms with Gasteiger partial charge in [-0.25, -0.2) is 4.39 Å². The second kappa shape index (κ2) is 5.15. The van der Waals surface area contributed by atoms with E-state index in [0.717, 1.165) is 24.0 Å². The fraction of sp³-hybridized carbons (Fsp3) is 0.250. The van der Waals surface area contributed by atoms with Crippen molar-refractivity contribution in [1.29, 1.82) is 0 Å². The summed E-state index contributed by atoms with van der Waals surface area (Å²) in [5, 5.41) is -0.209. The molecule has 0 heterocycles. The van der Waals surface area contributed by atoms with Gasteiger partial charge in [0.15, 0.2) is 0 Å². The molecule has 19 heavy (non-hydrogen) atoms. The van der Waals surface area contributed by atoms with Gasteiger partial charge in [-0.15, -0.1) is 11.6 Å². The SMILES string of the molecule is Fc1cc(C(Cl)c2ccc3c(c2)CCC3)ccc1Cl. The van der Waals surface area contributed by atoms with E-state index in [1.165, 1.54) is 23.6 Å². The van der Waals surface area contributed by atoms with E-state index in [-0.39, 0.29) is 10.4 Å². The maximum Gasteiger partial charge on any atom is 0.142 e. The second-order valence-electron chi connectivity index (χ2n) is 4.92. The van der Waals surface area contributed by atoms with Gasteiger partial charge in [-0.05, 0) is 53.6 Å². The molecule has 2 aromatic rings. The summed E-state index contributed by atoms with van der Waals surface area (Å²) in [5.74, 6) is -0.425. The molecule has 0 aromatic heterocycles. The third-order valence-electron chi connectivity index (χ3n) is 3.65. The summed E-state index contributed by atoms with van der Waals surface area (Å²) < 4.78 is 13.5. The summed E-state index contributed by atoms with van der Waals surface area (Å²) >= 11 is 12.1. The van der Waals surface area contributed by atoms with Gasteiger partial charge in [-0.1, -0.05) is 35.9 Å². The first-order chi connectivity index (χ1) is 9.15. The Balaban J connectivity index is 1.94. The van der Waals surface area contributed by atoms with Crippen LogP contribution < -0.4 is 0 Å². The Morgan fingerprint density at radius 1 is 0.947 bits per heavy atom. The highest BCUT2D eigenvalue weighted by molar-refractivity contribution is 6.30. The molecule has 1 unspecified atom stereocenters. The monoisotopic (exact) mass is 294 g/mol. The van der Waals surface area contributed by atoms with Gasteiger partial charge in [0.2, 0.25) is 0 Å². The van der Waals surface area contributed by atoms with Crippen LogP contribution in [0, 0.1) is 5.82 Å². The first kappa shape index (κ1) is 13.0. The maximum absolute atomic E-state index is 13.5. The number of hydrogen-bond acceptors (Lipinski definition) is 0. The molecular weight excluding hydrogens is 282 g/mol. The van der Waals surface area contributed by atoms with Crippen LogP contribution in [-0.2, 0) is 12.8 Å². The van der Waals surface area contributed by atoms with E-state index >= 15 is 0 Å². The van der Waals surface area contributed by atoms with Crippen molar-refractivity contribution >= 4 is 23.2 Å². The van der Waals surface area contributed by atoms with Crippen LogP contribution >= 0.6 is 23.2 Å². The molecule has 0 aliphatic heterocycles. The van der Waals surface area contributed by atoms with Crippen LogP contribution in [0.15, 0.2) is 36.4 Å². The molecule has 3 heteroatoms. The van der Waals surface area contributed by atoms with Gasteiger partial charge in [0.05, 0.1) is 10.4 Å². The molecule has 3 rings (SSSR count). The van der Waals surface area contributed by atoms with Gasteiger partial charge in [0.1, 0.15) is 5.82 Å². The average molecular weight is 295 g/mol. The zero-order valence-electron chi connectivity index (χ0n) is 10.3. The fourth-order valence-corrected chi connectivity index (χ4v) is 3.00. The van der Waals surface area contributed by atoms with Crippen molar-refractivity contribution in [2.45, 2.75) is 24.6 Å². The maximum atomic E-state index is 13.5. The Bertz CT molecular complexity index is 622. The molecule has 0 nitrogen and oxygen atoms in total. The minimum absolute atomic E-state index is 0.126. The molecular formula is C16H13Cl2F. The van der Waals surface area contributed by atoms with E-state index in [0.29, 0.717) is 0 Å². The van der Waals surface area contributed by atoms with E-state index in [1.54, 1.807) is 12.1 Å². The number of benzene rings is 2. The van der Waals surface area contributed by atoms with Gasteiger partial charge in [0.25, 0.3) is 0 Å². The minimum Gasteiger partial charge on any atom is -0.205 e. The first-order valence-corrected chi connectivity index (χ1v) is 7.17. The van der Waals surface area contributed by atoms with Crippen LogP contribution in [-0.4, -0.2) is 0 Å². The molecule has 0 saturated carbocycles. The predicted octanol–water partition coefficient (Wildman–Crippen LogP) is 5.30. The van der Waals surface area contributed by atoms with E-state index in [9.17, 15) is 4.39 Å². The van der Waals surface area contributed by atoms with Crippen LogP contribution in [0.4, 0.5) is 4.39 Å². The Hall–Kier alpha value is -1.05. The lowest BCUT2D eigenvalue weighted by molar-refractivity contribution is 0.626. The van der Waals surface area contributed by atoms with Crippen LogP contribution in [0.2, 0.25) is 5.02 Å². The normalized spacial score (nSPS) is 15.3. The molecule has 0 fully saturated rings. The molecule has 98 valence electrons. The molecule has 0 N–H and O–H groups in total. The molecule has 1 atom stereocenters. The fourth-order valence-electron chi connectivity index (χ4n) is 2.61. The van der Waals surface area contributed by atoms with Gasteiger partial charge in [-0.2, -0.15) is 0 Å². The zero-order chi connectivity index (χ0) is 13.4. The number of alkyl halides is 1. The number of rotatable bonds is 2. The van der Waals surface area contributed by atoms with Crippen molar-refractivity contribution in [3.8, 4) is 0 Å². The molecule has 0 bridgehead atoms. The summed E-state index contributed by atoms with van der Waals surface area (Å²) in [6, 6.07) is 11.1. The highest BCUT2D eigenvalue weighted by atomic mass is 35.5. The van der Waals surface area contributed by atoms with Crippen molar-refractivity contribution in [3.05, 3.63) is 69.5 Å². The molecule has 1 aliphatic rings. The van der Waals surface area contributed by atoms with Gasteiger partial charge < -0.3 is 0 Å². The van der Waals surface area contributed by atoms with E-state index in [1.807, 2.05) is 6.07 Å². The summed E-state index contributed by atoms with van der Waals surface area (Å²) in [7, 11) is 0. The van der Waals surface area contributed by atoms with E-state index in [4.69, 9.17) is 23.2 Å². The third-order valence-corrected chi connectivity index (χ3v) is 4.46. The van der Waals surface area contributed by atoms with Gasteiger partial charge in [0, 0.05) is 0 Å². The Morgan fingerprint density at radius 2 is 1.63 bits per heavy atom. The summed E-state index contributed by atoms with van der Waals surface area (Å²) in [5.41, 5.74) is 4.54. The number of halogens is 3. The van der Waals surface area contributed by atoms with Crippen LogP contribution in [0.1, 0.15) is 34.1 Å². The lowest BCUT2D eigenvalue weighted by Crippen LogP contribution is -1.96. The first-order valence-electron chi connectivity index (χ1n) is 6.36. The van der Waals surface area contributed by atoms with Crippen LogP contribution in [0.3, 0.4) is 0 Å². The summed E-state index contributed by atoms with van der Waals surface area (Å²) in [6.45, 7) is 0. The Kier molecular flexibility index (Phi) is 3.51. The van der Waals surface area contributed by atoms with Crippen molar-refractivity contribution in [1.82, 2.24) is 0 Å². The molecule has 2 aromatic carbocycles. The van der Waals surface area contributed by atoms with E-state index in [2.05, 4.69) is 12.1 Å². The minimum atomic E-state index is -0.425. The van der Waals surface area contributed by atoms with Crippen LogP contribution in [0.25, 0.3) is 0 Å². The average Bonchev–Trinajstić information content (AvgIpc) is 2.88. The van der Waals surface area contributed by atoms with Gasteiger partial charge >= 0.3 is 0 Å². The molecule has 0 spiro atoms. The second-order valence-corrected chi connectivity index (χ2v) is 5.76. The number of aryl methyl sites for hydroxylation is 2. The summed E-state index contributed by atoms with van der Waals surface area (Å²) in [6.07, 6.45) is 3.47. The Morgan fingerprint density at radius 3 is 2.42 bits per heavy atom. The largest absolute Gasteiger partial charge is 0.205 e. The van der Waals surface area contributed by atoms with Gasteiger partial charge in [-0.3, -0.25) is 0 Å². The number of fused-ring (bicyclic) bond motifs is 1. The predicted molar refractivity (Wildman–Crippen MR) is 77.6 cm³/mol. The zero-order valence-corrected chi connectivity index (χ0v) is 11.8. The van der Waals surface area contributed by atoms with Crippen LogP contribution in [0.5, 0.6) is 0 Å². The van der Waals surface area contributed by atoms with Crippen molar-refractivity contribution in [3.63, 3.8) is 0 Å². The highest BCUT2D eigenvalue weighted by Gasteiger charge is 2.16. The smallest absolute Gasteiger partial charge is 0.142 e. The lowest BCUT2D eigenvalue weighted by Gasteiger charge is -2.12. The quantitative estimate of drug-likeness (QED) is 0.660. The molecule has 0 saturated heterocycles. The molecule has 1 aliphatic carbocycles. The Labute approximate surface area is 122 Å². The van der Waals surface area contributed by atoms with Crippen molar-refractivity contribution in [2.24, 2.45) is 0 Å². The third kappa shape index (κ3) is 2.50. The topological polar surface area (TPSA) is 0 Å².